The highest BCUT2D eigenvalue weighted by molar-refractivity contribution is 9.10. The van der Waals surface area contributed by atoms with E-state index < -0.39 is 0 Å². The number of alkyl halides is 1. The van der Waals surface area contributed by atoms with Crippen molar-refractivity contribution in [1.29, 1.82) is 0 Å². The van der Waals surface area contributed by atoms with Crippen LogP contribution >= 0.6 is 15.9 Å². The van der Waals surface area contributed by atoms with E-state index in [0.29, 0.717) is 9.74 Å². The standard InChI is InChI=1S/C12H14BrN/c13-12-6-11(7-12,8-14-9-12)10-4-2-1-3-5-10/h1-5,14H,6-9H2. The summed E-state index contributed by atoms with van der Waals surface area (Å²) in [6, 6.07) is 10.9. The first-order valence-corrected chi connectivity index (χ1v) is 5.97. The molecule has 14 heavy (non-hydrogen) atoms. The number of fused-ring (bicyclic) bond motifs is 2. The molecule has 1 aromatic rings. The summed E-state index contributed by atoms with van der Waals surface area (Å²) in [5.74, 6) is 0. The van der Waals surface area contributed by atoms with E-state index in [1.54, 1.807) is 0 Å². The normalized spacial score (nSPS) is 40.4. The average molecular weight is 252 g/mol. The van der Waals surface area contributed by atoms with Crippen molar-refractivity contribution >= 4 is 15.9 Å². The summed E-state index contributed by atoms with van der Waals surface area (Å²) in [6.07, 6.45) is 2.58. The lowest BCUT2D eigenvalue weighted by Gasteiger charge is -2.58. The van der Waals surface area contributed by atoms with E-state index in [1.165, 1.54) is 18.4 Å². The third-order valence-electron chi connectivity index (χ3n) is 3.60. The van der Waals surface area contributed by atoms with E-state index in [-0.39, 0.29) is 0 Å². The monoisotopic (exact) mass is 251 g/mol. The fourth-order valence-corrected chi connectivity index (χ4v) is 4.31. The highest BCUT2D eigenvalue weighted by Crippen LogP contribution is 2.56. The molecule has 0 atom stereocenters. The predicted molar refractivity (Wildman–Crippen MR) is 61.9 cm³/mol. The minimum Gasteiger partial charge on any atom is -0.314 e. The molecule has 3 aliphatic rings. The molecule has 1 saturated carbocycles. The fraction of sp³-hybridized carbons (Fsp3) is 0.500. The van der Waals surface area contributed by atoms with Gasteiger partial charge in [-0.1, -0.05) is 46.3 Å². The maximum atomic E-state index is 3.83. The molecule has 1 aliphatic carbocycles. The van der Waals surface area contributed by atoms with Crippen molar-refractivity contribution in [2.45, 2.75) is 22.6 Å². The molecule has 2 saturated heterocycles. The minimum absolute atomic E-state index is 0.390. The number of piperidine rings is 2. The van der Waals surface area contributed by atoms with Crippen LogP contribution in [0.15, 0.2) is 30.3 Å². The SMILES string of the molecule is BrC12CNCC(c3ccccc3)(C1)C2. The summed E-state index contributed by atoms with van der Waals surface area (Å²) in [5.41, 5.74) is 1.92. The summed E-state index contributed by atoms with van der Waals surface area (Å²) in [6.45, 7) is 2.27. The number of hydrogen-bond acceptors (Lipinski definition) is 1. The predicted octanol–water partition coefficient (Wildman–Crippen LogP) is 2.46. The van der Waals surface area contributed by atoms with Crippen LogP contribution in [0.4, 0.5) is 0 Å². The van der Waals surface area contributed by atoms with Crippen molar-refractivity contribution in [3.63, 3.8) is 0 Å². The zero-order chi connectivity index (χ0) is 9.65. The van der Waals surface area contributed by atoms with E-state index in [2.05, 4.69) is 51.6 Å². The molecule has 0 spiro atoms. The van der Waals surface area contributed by atoms with Gasteiger partial charge < -0.3 is 5.32 Å². The first-order valence-electron chi connectivity index (χ1n) is 5.18. The number of nitrogens with one attached hydrogen (secondary N) is 1. The number of hydrogen-bond donors (Lipinski definition) is 1. The molecule has 1 nitrogen and oxygen atoms in total. The summed E-state index contributed by atoms with van der Waals surface area (Å²) < 4.78 is 0.390. The Morgan fingerprint density at radius 1 is 1.07 bits per heavy atom. The van der Waals surface area contributed by atoms with Crippen molar-refractivity contribution in [2.75, 3.05) is 13.1 Å². The van der Waals surface area contributed by atoms with E-state index in [9.17, 15) is 0 Å². The molecule has 2 heteroatoms. The number of benzene rings is 1. The second-order valence-corrected chi connectivity index (χ2v) is 6.44. The Bertz CT molecular complexity index is 341. The van der Waals surface area contributed by atoms with Gasteiger partial charge >= 0.3 is 0 Å². The van der Waals surface area contributed by atoms with Crippen LogP contribution in [0.25, 0.3) is 0 Å². The Labute approximate surface area is 93.0 Å². The van der Waals surface area contributed by atoms with Crippen LogP contribution in [0, 0.1) is 0 Å². The summed E-state index contributed by atoms with van der Waals surface area (Å²) in [4.78, 5) is 0. The molecule has 1 aromatic carbocycles. The molecule has 1 N–H and O–H groups in total. The van der Waals surface area contributed by atoms with Crippen LogP contribution in [-0.2, 0) is 5.41 Å². The lowest BCUT2D eigenvalue weighted by atomic mass is 9.56. The maximum absolute atomic E-state index is 3.83. The summed E-state index contributed by atoms with van der Waals surface area (Å²) in [5, 5.41) is 3.52. The number of halogens is 1. The van der Waals surface area contributed by atoms with Gasteiger partial charge in [0.05, 0.1) is 0 Å². The van der Waals surface area contributed by atoms with Crippen molar-refractivity contribution in [2.24, 2.45) is 0 Å². The van der Waals surface area contributed by atoms with Gasteiger partial charge in [-0.3, -0.25) is 0 Å². The van der Waals surface area contributed by atoms with Crippen LogP contribution < -0.4 is 5.32 Å². The number of rotatable bonds is 1. The molecule has 0 unspecified atom stereocenters. The largest absolute Gasteiger partial charge is 0.314 e. The second-order valence-electron chi connectivity index (χ2n) is 4.75. The zero-order valence-corrected chi connectivity index (χ0v) is 9.68. The molecule has 74 valence electrons. The van der Waals surface area contributed by atoms with Gasteiger partial charge in [0.25, 0.3) is 0 Å². The Hall–Kier alpha value is -0.340. The molecule has 0 aromatic heterocycles. The first kappa shape index (κ1) is 8.93. The molecule has 2 aliphatic heterocycles. The Balaban J connectivity index is 1.93. The van der Waals surface area contributed by atoms with Crippen LogP contribution in [0.2, 0.25) is 0 Å². The highest BCUT2D eigenvalue weighted by atomic mass is 79.9. The van der Waals surface area contributed by atoms with Gasteiger partial charge in [-0.2, -0.15) is 0 Å². The Kier molecular flexibility index (Phi) is 1.80. The van der Waals surface area contributed by atoms with Gasteiger partial charge in [0.15, 0.2) is 0 Å². The Morgan fingerprint density at radius 3 is 2.43 bits per heavy atom. The van der Waals surface area contributed by atoms with Crippen LogP contribution in [0.5, 0.6) is 0 Å². The minimum atomic E-state index is 0.390. The first-order chi connectivity index (χ1) is 6.73. The smallest absolute Gasteiger partial charge is 0.0400 e. The van der Waals surface area contributed by atoms with Crippen molar-refractivity contribution < 1.29 is 0 Å². The third-order valence-corrected chi connectivity index (χ3v) is 4.44. The molecule has 0 radical (unpaired) electrons. The van der Waals surface area contributed by atoms with Gasteiger partial charge in [-0.15, -0.1) is 0 Å². The molecular formula is C12H14BrN. The lowest BCUT2D eigenvalue weighted by Crippen LogP contribution is -2.65. The molecule has 4 rings (SSSR count). The molecule has 0 amide bonds. The van der Waals surface area contributed by atoms with Gasteiger partial charge in [-0.25, -0.2) is 0 Å². The molecule has 3 fully saturated rings. The van der Waals surface area contributed by atoms with Crippen LogP contribution in [0.1, 0.15) is 18.4 Å². The second kappa shape index (κ2) is 2.83. The quantitative estimate of drug-likeness (QED) is 0.757. The van der Waals surface area contributed by atoms with E-state index in [4.69, 9.17) is 0 Å². The van der Waals surface area contributed by atoms with Crippen LogP contribution in [-0.4, -0.2) is 17.4 Å². The van der Waals surface area contributed by atoms with Crippen molar-refractivity contribution in [3.05, 3.63) is 35.9 Å². The lowest BCUT2D eigenvalue weighted by molar-refractivity contribution is 0.124. The zero-order valence-electron chi connectivity index (χ0n) is 8.09. The molecule has 2 bridgehead atoms. The van der Waals surface area contributed by atoms with Gasteiger partial charge in [0, 0.05) is 22.8 Å². The summed E-state index contributed by atoms with van der Waals surface area (Å²) in [7, 11) is 0. The van der Waals surface area contributed by atoms with Crippen molar-refractivity contribution in [3.8, 4) is 0 Å². The highest BCUT2D eigenvalue weighted by Gasteiger charge is 2.56. The van der Waals surface area contributed by atoms with Gasteiger partial charge in [0.1, 0.15) is 0 Å². The third kappa shape index (κ3) is 1.17. The average Bonchev–Trinajstić information content (AvgIpc) is 2.18. The van der Waals surface area contributed by atoms with Crippen molar-refractivity contribution in [1.82, 2.24) is 5.32 Å². The summed E-state index contributed by atoms with van der Waals surface area (Å²) >= 11 is 3.83. The Morgan fingerprint density at radius 2 is 1.79 bits per heavy atom. The van der Waals surface area contributed by atoms with E-state index in [1.807, 2.05) is 0 Å². The maximum Gasteiger partial charge on any atom is 0.0400 e. The van der Waals surface area contributed by atoms with Crippen LogP contribution in [0.3, 0.4) is 0 Å². The molecular weight excluding hydrogens is 238 g/mol. The van der Waals surface area contributed by atoms with Gasteiger partial charge in [0.2, 0.25) is 0 Å². The van der Waals surface area contributed by atoms with E-state index >= 15 is 0 Å². The fourth-order valence-electron chi connectivity index (χ4n) is 3.03. The topological polar surface area (TPSA) is 12.0 Å². The van der Waals surface area contributed by atoms with E-state index in [0.717, 1.165) is 13.1 Å². The molecule has 2 heterocycles. The van der Waals surface area contributed by atoms with Gasteiger partial charge in [-0.05, 0) is 18.4 Å².